The molecule has 31 heavy (non-hydrogen) atoms. The van der Waals surface area contributed by atoms with E-state index in [1.54, 1.807) is 32.2 Å². The summed E-state index contributed by atoms with van der Waals surface area (Å²) >= 11 is 9.76. The number of aryl methyl sites for hydroxylation is 3. The summed E-state index contributed by atoms with van der Waals surface area (Å²) in [5.41, 5.74) is 3.22. The minimum Gasteiger partial charge on any atom is -0.470 e. The quantitative estimate of drug-likeness (QED) is 0.393. The Kier molecular flexibility index (Phi) is 5.88. The number of rotatable bonds is 5. The van der Waals surface area contributed by atoms with E-state index in [0.717, 1.165) is 16.8 Å². The van der Waals surface area contributed by atoms with Crippen LogP contribution < -0.4 is 10.3 Å². The maximum absolute atomic E-state index is 13.2. The van der Waals surface area contributed by atoms with Gasteiger partial charge in [0.05, 0.1) is 16.4 Å². The van der Waals surface area contributed by atoms with Gasteiger partial charge in [-0.1, -0.05) is 17.7 Å². The first kappa shape index (κ1) is 21.2. The lowest BCUT2D eigenvalue weighted by Gasteiger charge is -2.15. The van der Waals surface area contributed by atoms with Crippen LogP contribution in [0, 0.1) is 20.8 Å². The van der Waals surface area contributed by atoms with Crippen LogP contribution in [0.15, 0.2) is 50.7 Å². The summed E-state index contributed by atoms with van der Waals surface area (Å²) in [4.78, 5) is 30.2. The zero-order valence-electron chi connectivity index (χ0n) is 16.9. The van der Waals surface area contributed by atoms with Crippen LogP contribution in [0.25, 0.3) is 16.9 Å². The highest BCUT2D eigenvalue weighted by molar-refractivity contribution is 9.10. The SMILES string of the molecule is Cc1nc(COc2nc(C)n(-c3cc(-c4ncncc4C)ccc3Cl)c(=O)c2Br)co1. The second kappa shape index (κ2) is 8.60. The van der Waals surface area contributed by atoms with Crippen molar-refractivity contribution in [2.75, 3.05) is 0 Å². The number of ether oxygens (including phenoxy) is 1. The Balaban J connectivity index is 1.75. The second-order valence-electron chi connectivity index (χ2n) is 6.79. The van der Waals surface area contributed by atoms with E-state index in [-0.39, 0.29) is 22.5 Å². The Morgan fingerprint density at radius 3 is 2.74 bits per heavy atom. The molecule has 0 aliphatic rings. The molecule has 4 aromatic rings. The summed E-state index contributed by atoms with van der Waals surface area (Å²) in [6, 6.07) is 5.38. The van der Waals surface area contributed by atoms with Crippen LogP contribution in [0.2, 0.25) is 5.02 Å². The van der Waals surface area contributed by atoms with Crippen molar-refractivity contribution in [2.24, 2.45) is 0 Å². The number of halogens is 2. The van der Waals surface area contributed by atoms with Gasteiger partial charge in [-0.3, -0.25) is 9.36 Å². The lowest BCUT2D eigenvalue weighted by molar-refractivity contribution is 0.284. The highest BCUT2D eigenvalue weighted by Crippen LogP contribution is 2.29. The topological polar surface area (TPSA) is 95.9 Å². The number of nitrogens with zero attached hydrogens (tertiary/aromatic N) is 5. The van der Waals surface area contributed by atoms with Crippen molar-refractivity contribution in [2.45, 2.75) is 27.4 Å². The third kappa shape index (κ3) is 4.24. The summed E-state index contributed by atoms with van der Waals surface area (Å²) in [6.45, 7) is 5.49. The molecule has 0 spiro atoms. The maximum atomic E-state index is 13.2. The molecule has 0 unspecified atom stereocenters. The van der Waals surface area contributed by atoms with Gasteiger partial charge >= 0.3 is 0 Å². The third-order valence-corrected chi connectivity index (χ3v) is 5.54. The Bertz CT molecular complexity index is 1340. The van der Waals surface area contributed by atoms with E-state index < -0.39 is 0 Å². The van der Waals surface area contributed by atoms with E-state index >= 15 is 0 Å². The molecular formula is C21H17BrClN5O3. The Morgan fingerprint density at radius 1 is 1.23 bits per heavy atom. The molecule has 4 rings (SSSR count). The molecule has 0 bridgehead atoms. The first-order valence-electron chi connectivity index (χ1n) is 9.25. The summed E-state index contributed by atoms with van der Waals surface area (Å²) in [6.07, 6.45) is 4.71. The van der Waals surface area contributed by atoms with E-state index in [0.29, 0.717) is 28.1 Å². The maximum Gasteiger partial charge on any atom is 0.276 e. The first-order chi connectivity index (χ1) is 14.8. The van der Waals surface area contributed by atoms with Crippen LogP contribution in [0.3, 0.4) is 0 Å². The van der Waals surface area contributed by atoms with Crippen molar-refractivity contribution in [1.29, 1.82) is 0 Å². The largest absolute Gasteiger partial charge is 0.470 e. The van der Waals surface area contributed by atoms with Crippen LogP contribution in [0.5, 0.6) is 5.88 Å². The summed E-state index contributed by atoms with van der Waals surface area (Å²) in [7, 11) is 0. The fraction of sp³-hybridized carbons (Fsp3) is 0.190. The van der Waals surface area contributed by atoms with Crippen LogP contribution in [-0.4, -0.2) is 24.5 Å². The lowest BCUT2D eigenvalue weighted by atomic mass is 10.1. The Labute approximate surface area is 191 Å². The van der Waals surface area contributed by atoms with Crippen molar-refractivity contribution in [3.05, 3.63) is 79.8 Å². The number of oxazole rings is 1. The molecule has 0 saturated heterocycles. The lowest BCUT2D eigenvalue weighted by Crippen LogP contribution is -2.24. The number of hydrogen-bond donors (Lipinski definition) is 0. The van der Waals surface area contributed by atoms with Gasteiger partial charge in [0.25, 0.3) is 5.56 Å². The van der Waals surface area contributed by atoms with Crippen LogP contribution in [0.4, 0.5) is 0 Å². The molecule has 0 atom stereocenters. The van der Waals surface area contributed by atoms with E-state index in [4.69, 9.17) is 20.8 Å². The molecule has 0 saturated carbocycles. The van der Waals surface area contributed by atoms with Crippen molar-refractivity contribution in [1.82, 2.24) is 24.5 Å². The van der Waals surface area contributed by atoms with Crippen molar-refractivity contribution < 1.29 is 9.15 Å². The molecule has 3 heterocycles. The average molecular weight is 503 g/mol. The van der Waals surface area contributed by atoms with Gasteiger partial charge in [-0.05, 0) is 47.5 Å². The van der Waals surface area contributed by atoms with Gasteiger partial charge in [-0.15, -0.1) is 0 Å². The van der Waals surface area contributed by atoms with Crippen LogP contribution in [0.1, 0.15) is 23.0 Å². The predicted molar refractivity (Wildman–Crippen MR) is 119 cm³/mol. The number of hydrogen-bond acceptors (Lipinski definition) is 7. The van der Waals surface area contributed by atoms with Gasteiger partial charge in [-0.2, -0.15) is 4.98 Å². The smallest absolute Gasteiger partial charge is 0.276 e. The minimum atomic E-state index is -0.350. The highest BCUT2D eigenvalue weighted by atomic mass is 79.9. The van der Waals surface area contributed by atoms with Gasteiger partial charge in [0.2, 0.25) is 5.88 Å². The molecule has 0 radical (unpaired) electrons. The summed E-state index contributed by atoms with van der Waals surface area (Å²) < 4.78 is 12.5. The molecule has 0 amide bonds. The van der Waals surface area contributed by atoms with Crippen LogP contribution in [-0.2, 0) is 6.61 Å². The highest BCUT2D eigenvalue weighted by Gasteiger charge is 2.18. The minimum absolute atomic E-state index is 0.120. The van der Waals surface area contributed by atoms with Gasteiger partial charge in [0.15, 0.2) is 5.89 Å². The molecule has 10 heteroatoms. The molecule has 3 aromatic heterocycles. The van der Waals surface area contributed by atoms with Crippen molar-refractivity contribution in [3.8, 4) is 22.8 Å². The number of benzene rings is 1. The summed E-state index contributed by atoms with van der Waals surface area (Å²) in [5.74, 6) is 1.11. The van der Waals surface area contributed by atoms with Crippen molar-refractivity contribution >= 4 is 27.5 Å². The molecule has 158 valence electrons. The normalized spacial score (nSPS) is 11.0. The molecule has 0 aliphatic heterocycles. The average Bonchev–Trinajstić information content (AvgIpc) is 3.16. The number of aromatic nitrogens is 5. The van der Waals surface area contributed by atoms with E-state index in [1.165, 1.54) is 17.2 Å². The first-order valence-corrected chi connectivity index (χ1v) is 10.4. The van der Waals surface area contributed by atoms with Crippen molar-refractivity contribution in [3.63, 3.8) is 0 Å². The summed E-state index contributed by atoms with van der Waals surface area (Å²) in [5, 5.41) is 0.404. The predicted octanol–water partition coefficient (Wildman–Crippen LogP) is 4.60. The van der Waals surface area contributed by atoms with Gasteiger partial charge < -0.3 is 9.15 Å². The monoisotopic (exact) mass is 501 g/mol. The van der Waals surface area contributed by atoms with Gasteiger partial charge in [0.1, 0.15) is 35.2 Å². The Morgan fingerprint density at radius 2 is 2.03 bits per heavy atom. The van der Waals surface area contributed by atoms with Crippen LogP contribution >= 0.6 is 27.5 Å². The molecule has 0 aliphatic carbocycles. The molecule has 0 fully saturated rings. The molecule has 0 N–H and O–H groups in total. The standard InChI is InChI=1S/C21H17BrClN5O3/c1-11-7-24-10-25-19(11)14-4-5-16(23)17(6-14)28-12(2)26-20(18(22)21(28)29)31-9-15-8-30-13(3)27-15/h4-8,10H,9H2,1-3H3. The molecular weight excluding hydrogens is 486 g/mol. The van der Waals surface area contributed by atoms with Gasteiger partial charge in [-0.25, -0.2) is 15.0 Å². The fourth-order valence-electron chi connectivity index (χ4n) is 3.11. The van der Waals surface area contributed by atoms with E-state index in [2.05, 4.69) is 35.9 Å². The molecule has 1 aromatic carbocycles. The Hall–Kier alpha value is -3.04. The zero-order chi connectivity index (χ0) is 22.1. The van der Waals surface area contributed by atoms with Gasteiger partial charge in [0, 0.05) is 18.7 Å². The third-order valence-electron chi connectivity index (χ3n) is 4.54. The fourth-order valence-corrected chi connectivity index (χ4v) is 3.69. The van der Waals surface area contributed by atoms with E-state index in [9.17, 15) is 4.79 Å². The molecule has 8 nitrogen and oxygen atoms in total. The zero-order valence-corrected chi connectivity index (χ0v) is 19.2. The second-order valence-corrected chi connectivity index (χ2v) is 7.99. The van der Waals surface area contributed by atoms with E-state index in [1.807, 2.05) is 13.0 Å².